The molecule has 0 aromatic carbocycles. The van der Waals surface area contributed by atoms with Crippen LogP contribution in [0, 0.1) is 0 Å². The lowest BCUT2D eigenvalue weighted by atomic mass is 10.2. The second kappa shape index (κ2) is 8.84. The van der Waals surface area contributed by atoms with Crippen molar-refractivity contribution in [1.29, 1.82) is 0 Å². The summed E-state index contributed by atoms with van der Waals surface area (Å²) >= 11 is 2.03. The van der Waals surface area contributed by atoms with Crippen LogP contribution in [-0.4, -0.2) is 60.2 Å². The molecule has 94 valence electrons. The summed E-state index contributed by atoms with van der Waals surface area (Å²) < 4.78 is 0. The first-order chi connectivity index (χ1) is 7.79. The molecule has 1 saturated heterocycles. The van der Waals surface area contributed by atoms with Gasteiger partial charge in [0.1, 0.15) is 0 Å². The third-order valence-electron chi connectivity index (χ3n) is 2.70. The maximum atomic E-state index is 10.3. The quantitative estimate of drug-likeness (QED) is 0.623. The zero-order chi connectivity index (χ0) is 11.6. The van der Waals surface area contributed by atoms with Gasteiger partial charge >= 0.3 is 5.97 Å². The number of nitrogens with zero attached hydrogens (tertiary/aromatic N) is 1. The molecular formula is C11H22N2O2S. The van der Waals surface area contributed by atoms with Crippen LogP contribution in [0.5, 0.6) is 0 Å². The number of aliphatic carboxylic acids is 1. The third kappa shape index (κ3) is 7.09. The van der Waals surface area contributed by atoms with E-state index in [9.17, 15) is 4.79 Å². The molecule has 0 aromatic heterocycles. The Bertz CT molecular complexity index is 196. The Balaban J connectivity index is 1.82. The second-order valence-electron chi connectivity index (χ2n) is 4.05. The van der Waals surface area contributed by atoms with Crippen LogP contribution in [-0.2, 0) is 4.79 Å². The fraction of sp³-hybridized carbons (Fsp3) is 0.909. The van der Waals surface area contributed by atoms with Crippen molar-refractivity contribution >= 4 is 17.7 Å². The van der Waals surface area contributed by atoms with Crippen molar-refractivity contribution in [2.75, 3.05) is 44.2 Å². The van der Waals surface area contributed by atoms with Gasteiger partial charge in [0, 0.05) is 44.1 Å². The van der Waals surface area contributed by atoms with Gasteiger partial charge < -0.3 is 15.3 Å². The van der Waals surface area contributed by atoms with E-state index in [0.717, 1.165) is 32.5 Å². The van der Waals surface area contributed by atoms with Crippen LogP contribution in [0.15, 0.2) is 0 Å². The topological polar surface area (TPSA) is 52.6 Å². The molecule has 4 nitrogen and oxygen atoms in total. The normalized spacial score (nSPS) is 17.5. The SMILES string of the molecule is O=C(O)CCCCNCCN1CCSCC1. The molecule has 1 aliphatic rings. The first kappa shape index (κ1) is 13.8. The Kier molecular flexibility index (Phi) is 7.63. The van der Waals surface area contributed by atoms with Gasteiger partial charge in [-0.05, 0) is 19.4 Å². The van der Waals surface area contributed by atoms with Crippen LogP contribution in [0.1, 0.15) is 19.3 Å². The van der Waals surface area contributed by atoms with Gasteiger partial charge in [0.2, 0.25) is 0 Å². The minimum Gasteiger partial charge on any atom is -0.481 e. The molecular weight excluding hydrogens is 224 g/mol. The van der Waals surface area contributed by atoms with E-state index in [1.807, 2.05) is 11.8 Å². The number of unbranched alkanes of at least 4 members (excludes halogenated alkanes) is 1. The Labute approximate surface area is 102 Å². The lowest BCUT2D eigenvalue weighted by molar-refractivity contribution is -0.137. The minimum atomic E-state index is -0.689. The molecule has 2 N–H and O–H groups in total. The Morgan fingerprint density at radius 2 is 2.00 bits per heavy atom. The van der Waals surface area contributed by atoms with Gasteiger partial charge in [0.15, 0.2) is 0 Å². The average Bonchev–Trinajstić information content (AvgIpc) is 2.29. The number of rotatable bonds is 8. The molecule has 0 amide bonds. The molecule has 0 unspecified atom stereocenters. The van der Waals surface area contributed by atoms with Crippen molar-refractivity contribution in [3.63, 3.8) is 0 Å². The first-order valence-electron chi connectivity index (χ1n) is 6.01. The van der Waals surface area contributed by atoms with Gasteiger partial charge in [-0.1, -0.05) is 0 Å². The van der Waals surface area contributed by atoms with Crippen LogP contribution in [0.25, 0.3) is 0 Å². The smallest absolute Gasteiger partial charge is 0.303 e. The third-order valence-corrected chi connectivity index (χ3v) is 3.65. The van der Waals surface area contributed by atoms with Crippen molar-refractivity contribution in [3.8, 4) is 0 Å². The summed E-state index contributed by atoms with van der Waals surface area (Å²) in [6.07, 6.45) is 2.04. The summed E-state index contributed by atoms with van der Waals surface area (Å²) in [6.45, 7) is 5.52. The van der Waals surface area contributed by atoms with Gasteiger partial charge in [-0.15, -0.1) is 0 Å². The van der Waals surface area contributed by atoms with E-state index in [-0.39, 0.29) is 0 Å². The standard InChI is InChI=1S/C11H22N2O2S/c14-11(15)3-1-2-4-12-5-6-13-7-9-16-10-8-13/h12H,1-10H2,(H,14,15). The molecule has 0 aromatic rings. The summed E-state index contributed by atoms with van der Waals surface area (Å²) in [5, 5.41) is 11.8. The zero-order valence-corrected chi connectivity index (χ0v) is 10.6. The molecule has 0 spiro atoms. The van der Waals surface area contributed by atoms with E-state index in [2.05, 4.69) is 10.2 Å². The summed E-state index contributed by atoms with van der Waals surface area (Å²) in [6, 6.07) is 0. The van der Waals surface area contributed by atoms with E-state index in [1.165, 1.54) is 24.6 Å². The highest BCUT2D eigenvalue weighted by molar-refractivity contribution is 7.99. The van der Waals surface area contributed by atoms with E-state index < -0.39 is 5.97 Å². The van der Waals surface area contributed by atoms with E-state index in [4.69, 9.17) is 5.11 Å². The number of hydrogen-bond acceptors (Lipinski definition) is 4. The van der Waals surface area contributed by atoms with Crippen molar-refractivity contribution in [2.45, 2.75) is 19.3 Å². The maximum absolute atomic E-state index is 10.3. The highest BCUT2D eigenvalue weighted by atomic mass is 32.2. The van der Waals surface area contributed by atoms with Crippen molar-refractivity contribution in [3.05, 3.63) is 0 Å². The summed E-state index contributed by atoms with van der Waals surface area (Å²) in [5.41, 5.74) is 0. The Morgan fingerprint density at radius 3 is 2.69 bits per heavy atom. The van der Waals surface area contributed by atoms with Crippen LogP contribution >= 0.6 is 11.8 Å². The van der Waals surface area contributed by atoms with Crippen LogP contribution < -0.4 is 5.32 Å². The molecule has 5 heteroatoms. The van der Waals surface area contributed by atoms with Crippen molar-refractivity contribution in [1.82, 2.24) is 10.2 Å². The molecule has 0 saturated carbocycles. The Morgan fingerprint density at radius 1 is 1.25 bits per heavy atom. The monoisotopic (exact) mass is 246 g/mol. The van der Waals surface area contributed by atoms with Crippen LogP contribution in [0.2, 0.25) is 0 Å². The number of carboxylic acid groups (broad SMARTS) is 1. The molecule has 1 heterocycles. The minimum absolute atomic E-state index is 0.297. The Hall–Kier alpha value is -0.260. The number of carbonyl (C=O) groups is 1. The molecule has 0 bridgehead atoms. The number of carboxylic acids is 1. The summed E-state index contributed by atoms with van der Waals surface area (Å²) in [7, 11) is 0. The lowest BCUT2D eigenvalue weighted by Gasteiger charge is -2.26. The second-order valence-corrected chi connectivity index (χ2v) is 5.28. The highest BCUT2D eigenvalue weighted by Crippen LogP contribution is 2.07. The van der Waals surface area contributed by atoms with Gasteiger partial charge in [0.25, 0.3) is 0 Å². The predicted molar refractivity (Wildman–Crippen MR) is 68.1 cm³/mol. The number of thioether (sulfide) groups is 1. The van der Waals surface area contributed by atoms with Crippen molar-refractivity contribution < 1.29 is 9.90 Å². The summed E-state index contributed by atoms with van der Waals surface area (Å²) in [4.78, 5) is 12.8. The molecule has 0 atom stereocenters. The largest absolute Gasteiger partial charge is 0.481 e. The van der Waals surface area contributed by atoms with Crippen LogP contribution in [0.3, 0.4) is 0 Å². The average molecular weight is 246 g/mol. The van der Waals surface area contributed by atoms with Gasteiger partial charge in [-0.25, -0.2) is 0 Å². The molecule has 1 fully saturated rings. The van der Waals surface area contributed by atoms with Gasteiger partial charge in [-0.2, -0.15) is 11.8 Å². The molecule has 1 rings (SSSR count). The first-order valence-corrected chi connectivity index (χ1v) is 7.17. The van der Waals surface area contributed by atoms with Crippen LogP contribution in [0.4, 0.5) is 0 Å². The van der Waals surface area contributed by atoms with Gasteiger partial charge in [-0.3, -0.25) is 4.79 Å². The zero-order valence-electron chi connectivity index (χ0n) is 9.78. The molecule has 0 radical (unpaired) electrons. The fourth-order valence-electron chi connectivity index (χ4n) is 1.71. The fourth-order valence-corrected chi connectivity index (χ4v) is 2.69. The van der Waals surface area contributed by atoms with Crippen molar-refractivity contribution in [2.24, 2.45) is 0 Å². The van der Waals surface area contributed by atoms with E-state index in [1.54, 1.807) is 0 Å². The maximum Gasteiger partial charge on any atom is 0.303 e. The molecule has 1 aliphatic heterocycles. The van der Waals surface area contributed by atoms with E-state index >= 15 is 0 Å². The summed E-state index contributed by atoms with van der Waals surface area (Å²) in [5.74, 6) is 1.84. The molecule has 16 heavy (non-hydrogen) atoms. The number of nitrogens with one attached hydrogen (secondary N) is 1. The molecule has 0 aliphatic carbocycles. The lowest BCUT2D eigenvalue weighted by Crippen LogP contribution is -2.37. The van der Waals surface area contributed by atoms with Gasteiger partial charge in [0.05, 0.1) is 0 Å². The predicted octanol–water partition coefficient (Wildman–Crippen LogP) is 0.880. The number of hydrogen-bond donors (Lipinski definition) is 2. The highest BCUT2D eigenvalue weighted by Gasteiger charge is 2.08. The van der Waals surface area contributed by atoms with E-state index in [0.29, 0.717) is 6.42 Å².